The molecule has 1 amide bonds. The van der Waals surface area contributed by atoms with Gasteiger partial charge in [-0.05, 0) is 68.5 Å². The van der Waals surface area contributed by atoms with Crippen LogP contribution in [0, 0.1) is 11.3 Å². The van der Waals surface area contributed by atoms with E-state index in [1.54, 1.807) is 0 Å². The molecule has 2 atom stereocenters. The second kappa shape index (κ2) is 10.4. The number of hydrogen-bond donors (Lipinski definition) is 3. The molecule has 0 bridgehead atoms. The van der Waals surface area contributed by atoms with Crippen molar-refractivity contribution in [2.24, 2.45) is 5.92 Å². The average molecular weight is 407 g/mol. The SMILES string of the molecule is CNc1ccc(CC(CNC(=O)CC(c2ccccc2)C2CC2)N(C)C)cc1C=N. The van der Waals surface area contributed by atoms with Crippen molar-refractivity contribution >= 4 is 17.8 Å². The Bertz CT molecular complexity index is 845. The maximum atomic E-state index is 12.8. The molecule has 0 spiro atoms. The first kappa shape index (κ1) is 22.0. The number of nitrogens with one attached hydrogen (secondary N) is 3. The van der Waals surface area contributed by atoms with Crippen LogP contribution in [-0.2, 0) is 11.2 Å². The van der Waals surface area contributed by atoms with Crippen LogP contribution in [0.2, 0.25) is 0 Å². The molecule has 1 aliphatic carbocycles. The Labute approximate surface area is 180 Å². The predicted molar refractivity (Wildman–Crippen MR) is 125 cm³/mol. The van der Waals surface area contributed by atoms with E-state index < -0.39 is 0 Å². The molecular formula is C25H34N4O. The lowest BCUT2D eigenvalue weighted by atomic mass is 9.90. The number of benzene rings is 2. The third-order valence-corrected chi connectivity index (χ3v) is 6.10. The van der Waals surface area contributed by atoms with E-state index >= 15 is 0 Å². The standard InChI is InChI=1S/C25H34N4O/c1-27-24-12-9-18(13-21(24)16-26)14-22(29(2)3)17-28-25(30)15-23(20-10-11-20)19-7-5-4-6-8-19/h4-9,12-13,16,20,22-23,26-27H,10-11,14-15,17H2,1-3H3,(H,28,30). The fraction of sp³-hybridized carbons (Fsp3) is 0.440. The lowest BCUT2D eigenvalue weighted by molar-refractivity contribution is -0.121. The largest absolute Gasteiger partial charge is 0.388 e. The summed E-state index contributed by atoms with van der Waals surface area (Å²) in [5, 5.41) is 13.9. The number of rotatable bonds is 11. The summed E-state index contributed by atoms with van der Waals surface area (Å²) >= 11 is 0. The molecule has 5 nitrogen and oxygen atoms in total. The molecule has 1 saturated carbocycles. The van der Waals surface area contributed by atoms with E-state index in [2.05, 4.69) is 51.9 Å². The highest BCUT2D eigenvalue weighted by Gasteiger charge is 2.33. The van der Waals surface area contributed by atoms with Crippen LogP contribution in [0.1, 0.15) is 41.9 Å². The molecule has 1 fully saturated rings. The highest BCUT2D eigenvalue weighted by atomic mass is 16.1. The number of hydrogen-bond acceptors (Lipinski definition) is 4. The third kappa shape index (κ3) is 5.92. The van der Waals surface area contributed by atoms with Gasteiger partial charge in [0.25, 0.3) is 0 Å². The van der Waals surface area contributed by atoms with Crippen molar-refractivity contribution in [1.82, 2.24) is 10.2 Å². The van der Waals surface area contributed by atoms with Gasteiger partial charge in [-0.1, -0.05) is 36.4 Å². The average Bonchev–Trinajstić information content (AvgIpc) is 3.60. The zero-order chi connectivity index (χ0) is 21.5. The second-order valence-corrected chi connectivity index (χ2v) is 8.50. The van der Waals surface area contributed by atoms with Crippen LogP contribution in [0.3, 0.4) is 0 Å². The van der Waals surface area contributed by atoms with Crippen molar-refractivity contribution in [2.75, 3.05) is 33.0 Å². The van der Waals surface area contributed by atoms with Crippen LogP contribution in [0.4, 0.5) is 5.69 Å². The Kier molecular flexibility index (Phi) is 7.63. The molecule has 0 aliphatic heterocycles. The Hall–Kier alpha value is -2.66. The van der Waals surface area contributed by atoms with Crippen LogP contribution in [-0.4, -0.2) is 50.8 Å². The van der Waals surface area contributed by atoms with E-state index in [0.29, 0.717) is 24.8 Å². The van der Waals surface area contributed by atoms with E-state index in [-0.39, 0.29) is 11.9 Å². The maximum absolute atomic E-state index is 12.8. The van der Waals surface area contributed by atoms with Crippen molar-refractivity contribution in [3.8, 4) is 0 Å². The van der Waals surface area contributed by atoms with Crippen molar-refractivity contribution in [1.29, 1.82) is 5.41 Å². The number of amides is 1. The smallest absolute Gasteiger partial charge is 0.220 e. The van der Waals surface area contributed by atoms with E-state index in [1.807, 2.05) is 33.3 Å². The lowest BCUT2D eigenvalue weighted by Crippen LogP contribution is -2.42. The molecule has 2 aromatic rings. The highest BCUT2D eigenvalue weighted by Crippen LogP contribution is 2.44. The Morgan fingerprint density at radius 3 is 2.53 bits per heavy atom. The maximum Gasteiger partial charge on any atom is 0.220 e. The van der Waals surface area contributed by atoms with Gasteiger partial charge in [-0.15, -0.1) is 0 Å². The quantitative estimate of drug-likeness (QED) is 0.496. The topological polar surface area (TPSA) is 68.2 Å². The minimum atomic E-state index is 0.133. The van der Waals surface area contributed by atoms with E-state index in [9.17, 15) is 4.79 Å². The molecule has 1 aliphatic rings. The molecule has 5 heteroatoms. The predicted octanol–water partition coefficient (Wildman–Crippen LogP) is 3.90. The molecule has 2 aromatic carbocycles. The minimum Gasteiger partial charge on any atom is -0.388 e. The molecule has 3 N–H and O–H groups in total. The fourth-order valence-electron chi connectivity index (χ4n) is 4.05. The summed E-state index contributed by atoms with van der Waals surface area (Å²) in [5.74, 6) is 1.11. The van der Waals surface area contributed by atoms with Crippen molar-refractivity contribution in [2.45, 2.75) is 37.6 Å². The molecule has 0 saturated heterocycles. The molecule has 2 unspecified atom stereocenters. The van der Waals surface area contributed by atoms with E-state index in [0.717, 1.165) is 17.7 Å². The first-order valence-electron chi connectivity index (χ1n) is 10.8. The van der Waals surface area contributed by atoms with Gasteiger partial charge < -0.3 is 20.9 Å². The minimum absolute atomic E-state index is 0.133. The second-order valence-electron chi connectivity index (χ2n) is 8.50. The van der Waals surface area contributed by atoms with Gasteiger partial charge in [-0.3, -0.25) is 4.79 Å². The van der Waals surface area contributed by atoms with Crippen LogP contribution in [0.25, 0.3) is 0 Å². The molecule has 0 radical (unpaired) electrons. The molecule has 0 heterocycles. The fourth-order valence-corrected chi connectivity index (χ4v) is 4.05. The van der Waals surface area contributed by atoms with Gasteiger partial charge in [-0.25, -0.2) is 0 Å². The number of nitrogens with zero attached hydrogens (tertiary/aromatic N) is 1. The number of carbonyl (C=O) groups is 1. The van der Waals surface area contributed by atoms with Crippen LogP contribution < -0.4 is 10.6 Å². The van der Waals surface area contributed by atoms with Crippen molar-refractivity contribution in [3.05, 3.63) is 65.2 Å². The third-order valence-electron chi connectivity index (χ3n) is 6.10. The van der Waals surface area contributed by atoms with Gasteiger partial charge in [0, 0.05) is 43.5 Å². The van der Waals surface area contributed by atoms with Gasteiger partial charge in [0.05, 0.1) is 0 Å². The normalized spacial score (nSPS) is 15.5. The van der Waals surface area contributed by atoms with Gasteiger partial charge in [0.15, 0.2) is 0 Å². The van der Waals surface area contributed by atoms with E-state index in [4.69, 9.17) is 5.41 Å². The summed E-state index contributed by atoms with van der Waals surface area (Å²) in [6.45, 7) is 0.617. The Morgan fingerprint density at radius 2 is 1.93 bits per heavy atom. The number of carbonyl (C=O) groups excluding carboxylic acids is 1. The molecule has 0 aromatic heterocycles. The zero-order valence-electron chi connectivity index (χ0n) is 18.3. The number of anilines is 1. The van der Waals surface area contributed by atoms with Gasteiger partial charge in [0.1, 0.15) is 0 Å². The van der Waals surface area contributed by atoms with Gasteiger partial charge in [0.2, 0.25) is 5.91 Å². The lowest BCUT2D eigenvalue weighted by Gasteiger charge is -2.26. The first-order chi connectivity index (χ1) is 14.5. The molecule has 3 rings (SSSR count). The molecule has 160 valence electrons. The summed E-state index contributed by atoms with van der Waals surface area (Å²) in [7, 11) is 5.96. The first-order valence-corrected chi connectivity index (χ1v) is 10.8. The highest BCUT2D eigenvalue weighted by molar-refractivity contribution is 5.86. The van der Waals surface area contributed by atoms with Gasteiger partial charge in [-0.2, -0.15) is 0 Å². The molecular weight excluding hydrogens is 372 g/mol. The zero-order valence-corrected chi connectivity index (χ0v) is 18.3. The van der Waals surface area contributed by atoms with Crippen molar-refractivity contribution < 1.29 is 4.79 Å². The number of likely N-dealkylation sites (N-methyl/N-ethyl adjacent to an activating group) is 1. The van der Waals surface area contributed by atoms with Crippen molar-refractivity contribution in [3.63, 3.8) is 0 Å². The molecule has 30 heavy (non-hydrogen) atoms. The summed E-state index contributed by atoms with van der Waals surface area (Å²) in [6.07, 6.45) is 5.21. The summed E-state index contributed by atoms with van der Waals surface area (Å²) < 4.78 is 0. The van der Waals surface area contributed by atoms with Gasteiger partial charge >= 0.3 is 0 Å². The monoisotopic (exact) mass is 406 g/mol. The summed E-state index contributed by atoms with van der Waals surface area (Å²) in [6, 6.07) is 16.8. The van der Waals surface area contributed by atoms with Crippen LogP contribution in [0.5, 0.6) is 0 Å². The Morgan fingerprint density at radius 1 is 1.20 bits per heavy atom. The van der Waals surface area contributed by atoms with Crippen LogP contribution >= 0.6 is 0 Å². The summed E-state index contributed by atoms with van der Waals surface area (Å²) in [5.41, 5.74) is 4.28. The van der Waals surface area contributed by atoms with E-state index in [1.165, 1.54) is 30.2 Å². The summed E-state index contributed by atoms with van der Waals surface area (Å²) in [4.78, 5) is 14.9. The van der Waals surface area contributed by atoms with Crippen LogP contribution in [0.15, 0.2) is 48.5 Å². The Balaban J connectivity index is 1.59.